The number of aromatic nitrogens is 3. The Morgan fingerprint density at radius 3 is 1.51 bits per heavy atom. The summed E-state index contributed by atoms with van der Waals surface area (Å²) in [6.07, 6.45) is 0. The lowest BCUT2D eigenvalue weighted by Crippen LogP contribution is -2.01. The highest BCUT2D eigenvalue weighted by atomic mass is 16.3. The summed E-state index contributed by atoms with van der Waals surface area (Å²) < 4.78 is 6.26. The average molecular weight is 626 g/mol. The fourth-order valence-electron chi connectivity index (χ4n) is 7.15. The van der Waals surface area contributed by atoms with Crippen molar-refractivity contribution in [2.45, 2.75) is 0 Å². The van der Waals surface area contributed by atoms with Crippen molar-refractivity contribution in [2.24, 2.45) is 0 Å². The molecule has 10 rings (SSSR count). The van der Waals surface area contributed by atoms with Crippen LogP contribution in [0.2, 0.25) is 0 Å². The molecule has 0 amide bonds. The van der Waals surface area contributed by atoms with E-state index < -0.39 is 0 Å². The predicted molar refractivity (Wildman–Crippen MR) is 201 cm³/mol. The van der Waals surface area contributed by atoms with E-state index in [1.165, 1.54) is 10.8 Å². The lowest BCUT2D eigenvalue weighted by atomic mass is 9.93. The van der Waals surface area contributed by atoms with Gasteiger partial charge < -0.3 is 4.42 Å². The van der Waals surface area contributed by atoms with E-state index in [2.05, 4.69) is 146 Å². The van der Waals surface area contributed by atoms with Crippen molar-refractivity contribution < 1.29 is 4.42 Å². The summed E-state index contributed by atoms with van der Waals surface area (Å²) in [5, 5.41) is 9.07. The molecule has 0 N–H and O–H groups in total. The van der Waals surface area contributed by atoms with E-state index in [9.17, 15) is 0 Å². The number of benzene rings is 8. The standard InChI is InChI=1S/C45H27N3O/c1-3-12-30-26-32(24-22-28(30)10-1)43-46-44(33-25-23-29-11-2-4-13-31(29)27-33)48-45(47-43)38-19-8-15-34-35(16-7-17-36(34)38)37-18-9-21-41-42(37)39-14-5-6-20-40(39)49-41/h1-27H. The monoisotopic (exact) mass is 625 g/mol. The van der Waals surface area contributed by atoms with Gasteiger partial charge in [-0.05, 0) is 67.7 Å². The highest BCUT2D eigenvalue weighted by Crippen LogP contribution is 2.41. The first-order valence-electron chi connectivity index (χ1n) is 16.4. The molecule has 228 valence electrons. The first kappa shape index (κ1) is 27.5. The summed E-state index contributed by atoms with van der Waals surface area (Å²) in [6, 6.07) is 57.0. The Balaban J connectivity index is 1.20. The zero-order valence-electron chi connectivity index (χ0n) is 26.3. The quantitative estimate of drug-likeness (QED) is 0.195. The van der Waals surface area contributed by atoms with Crippen molar-refractivity contribution >= 4 is 54.3 Å². The van der Waals surface area contributed by atoms with E-state index in [1.54, 1.807) is 0 Å². The molecule has 0 radical (unpaired) electrons. The van der Waals surface area contributed by atoms with Gasteiger partial charge in [0.1, 0.15) is 11.2 Å². The molecular weight excluding hydrogens is 599 g/mol. The van der Waals surface area contributed by atoms with Crippen LogP contribution in [0.4, 0.5) is 0 Å². The molecule has 0 bridgehead atoms. The Kier molecular flexibility index (Phi) is 6.15. The van der Waals surface area contributed by atoms with Gasteiger partial charge in [0.2, 0.25) is 0 Å². The lowest BCUT2D eigenvalue weighted by molar-refractivity contribution is 0.669. The van der Waals surface area contributed by atoms with Gasteiger partial charge in [0.05, 0.1) is 0 Å². The number of hydrogen-bond acceptors (Lipinski definition) is 4. The third kappa shape index (κ3) is 4.57. The van der Waals surface area contributed by atoms with Crippen LogP contribution in [0.3, 0.4) is 0 Å². The number of fused-ring (bicyclic) bond motifs is 6. The SMILES string of the molecule is c1ccc2cc(-c3nc(-c4ccc5ccccc5c4)nc(-c4cccc5c(-c6cccc7oc8ccccc8c67)cccc45)n3)ccc2c1. The minimum Gasteiger partial charge on any atom is -0.456 e. The summed E-state index contributed by atoms with van der Waals surface area (Å²) in [5.41, 5.74) is 6.88. The molecule has 0 aliphatic carbocycles. The minimum atomic E-state index is 0.635. The number of hydrogen-bond donors (Lipinski definition) is 0. The molecule has 0 unspecified atom stereocenters. The zero-order valence-corrected chi connectivity index (χ0v) is 26.3. The molecule has 0 saturated carbocycles. The molecule has 4 heteroatoms. The van der Waals surface area contributed by atoms with Crippen molar-refractivity contribution in [3.05, 3.63) is 164 Å². The maximum atomic E-state index is 6.26. The van der Waals surface area contributed by atoms with E-state index in [1.807, 2.05) is 18.2 Å². The largest absolute Gasteiger partial charge is 0.456 e. The van der Waals surface area contributed by atoms with Gasteiger partial charge in [-0.3, -0.25) is 0 Å². The van der Waals surface area contributed by atoms with Crippen LogP contribution in [0.5, 0.6) is 0 Å². The Labute approximate surface area is 282 Å². The van der Waals surface area contributed by atoms with Crippen LogP contribution in [0.25, 0.3) is 99.5 Å². The molecule has 8 aromatic carbocycles. The molecule has 2 aromatic heterocycles. The van der Waals surface area contributed by atoms with Gasteiger partial charge in [-0.25, -0.2) is 15.0 Å². The predicted octanol–water partition coefficient (Wildman–Crippen LogP) is 11.9. The van der Waals surface area contributed by atoms with E-state index >= 15 is 0 Å². The van der Waals surface area contributed by atoms with Crippen LogP contribution < -0.4 is 0 Å². The van der Waals surface area contributed by atoms with Gasteiger partial charge in [0.25, 0.3) is 0 Å². The van der Waals surface area contributed by atoms with Crippen LogP contribution in [0, 0.1) is 0 Å². The molecule has 0 fully saturated rings. The summed E-state index contributed by atoms with van der Waals surface area (Å²) >= 11 is 0. The summed E-state index contributed by atoms with van der Waals surface area (Å²) in [5.74, 6) is 1.92. The molecule has 0 atom stereocenters. The Morgan fingerprint density at radius 2 is 0.816 bits per heavy atom. The van der Waals surface area contributed by atoms with Crippen LogP contribution in [-0.4, -0.2) is 15.0 Å². The van der Waals surface area contributed by atoms with Gasteiger partial charge >= 0.3 is 0 Å². The maximum absolute atomic E-state index is 6.26. The molecule has 0 spiro atoms. The smallest absolute Gasteiger partial charge is 0.164 e. The lowest BCUT2D eigenvalue weighted by Gasteiger charge is -2.13. The second-order valence-corrected chi connectivity index (χ2v) is 12.4. The third-order valence-corrected chi connectivity index (χ3v) is 9.51. The molecule has 2 heterocycles. The maximum Gasteiger partial charge on any atom is 0.164 e. The fraction of sp³-hybridized carbons (Fsp3) is 0. The van der Waals surface area contributed by atoms with E-state index in [0.717, 1.165) is 71.3 Å². The van der Waals surface area contributed by atoms with Crippen molar-refractivity contribution in [1.82, 2.24) is 15.0 Å². The molecule has 0 saturated heterocycles. The van der Waals surface area contributed by atoms with Crippen molar-refractivity contribution in [1.29, 1.82) is 0 Å². The second kappa shape index (κ2) is 11.0. The van der Waals surface area contributed by atoms with E-state index in [4.69, 9.17) is 19.4 Å². The van der Waals surface area contributed by atoms with Gasteiger partial charge in [-0.1, -0.05) is 140 Å². The number of furan rings is 1. The summed E-state index contributed by atoms with van der Waals surface area (Å²) in [4.78, 5) is 15.4. The molecule has 10 aromatic rings. The Hall–Kier alpha value is -6.65. The van der Waals surface area contributed by atoms with Crippen molar-refractivity contribution in [2.75, 3.05) is 0 Å². The highest BCUT2D eigenvalue weighted by Gasteiger charge is 2.18. The van der Waals surface area contributed by atoms with E-state index in [-0.39, 0.29) is 0 Å². The van der Waals surface area contributed by atoms with Crippen molar-refractivity contribution in [3.63, 3.8) is 0 Å². The Morgan fingerprint density at radius 1 is 0.327 bits per heavy atom. The normalized spacial score (nSPS) is 11.7. The minimum absolute atomic E-state index is 0.635. The van der Waals surface area contributed by atoms with Crippen LogP contribution in [0.1, 0.15) is 0 Å². The highest BCUT2D eigenvalue weighted by molar-refractivity contribution is 6.16. The molecule has 0 aliphatic heterocycles. The zero-order chi connectivity index (χ0) is 32.3. The molecule has 49 heavy (non-hydrogen) atoms. The molecule has 4 nitrogen and oxygen atoms in total. The first-order valence-corrected chi connectivity index (χ1v) is 16.4. The fourth-order valence-corrected chi connectivity index (χ4v) is 7.15. The van der Waals surface area contributed by atoms with Crippen LogP contribution in [-0.2, 0) is 0 Å². The molecular formula is C45H27N3O. The number of rotatable bonds is 4. The third-order valence-electron chi connectivity index (χ3n) is 9.51. The van der Waals surface area contributed by atoms with Gasteiger partial charge in [0.15, 0.2) is 17.5 Å². The second-order valence-electron chi connectivity index (χ2n) is 12.4. The van der Waals surface area contributed by atoms with Gasteiger partial charge in [0, 0.05) is 27.5 Å². The van der Waals surface area contributed by atoms with Gasteiger partial charge in [-0.2, -0.15) is 0 Å². The van der Waals surface area contributed by atoms with E-state index in [0.29, 0.717) is 17.5 Å². The Bertz CT molecular complexity index is 2810. The summed E-state index contributed by atoms with van der Waals surface area (Å²) in [6.45, 7) is 0. The first-order chi connectivity index (χ1) is 24.3. The number of nitrogens with zero attached hydrogens (tertiary/aromatic N) is 3. The van der Waals surface area contributed by atoms with Gasteiger partial charge in [-0.15, -0.1) is 0 Å². The summed E-state index contributed by atoms with van der Waals surface area (Å²) in [7, 11) is 0. The van der Waals surface area contributed by atoms with Crippen molar-refractivity contribution in [3.8, 4) is 45.3 Å². The number of para-hydroxylation sites is 1. The topological polar surface area (TPSA) is 51.8 Å². The van der Waals surface area contributed by atoms with Crippen LogP contribution in [0.15, 0.2) is 168 Å². The van der Waals surface area contributed by atoms with Crippen LogP contribution >= 0.6 is 0 Å². The molecule has 0 aliphatic rings. The average Bonchev–Trinajstić information content (AvgIpc) is 3.56.